The molecule has 2 saturated carbocycles. The summed E-state index contributed by atoms with van der Waals surface area (Å²) in [6.45, 7) is 5.82. The fraction of sp³-hybridized carbons (Fsp3) is 0.826. The van der Waals surface area contributed by atoms with Gasteiger partial charge in [-0.1, -0.05) is 20.3 Å². The first-order chi connectivity index (χ1) is 14.2. The maximum absolute atomic E-state index is 11.5. The van der Waals surface area contributed by atoms with Gasteiger partial charge in [-0.05, 0) is 56.8 Å². The first-order valence-corrected chi connectivity index (χ1v) is 11.4. The van der Waals surface area contributed by atoms with Crippen LogP contribution < -0.4 is 0 Å². The molecule has 0 aromatic heterocycles. The fourth-order valence-electron chi connectivity index (χ4n) is 5.90. The monoisotopic (exact) mass is 422 g/mol. The maximum atomic E-state index is 11.5. The molecule has 2 aliphatic carbocycles. The highest BCUT2D eigenvalue weighted by Crippen LogP contribution is 2.45. The average Bonchev–Trinajstić information content (AvgIpc) is 2.68. The standard InChI is InChI=1S/C12H18O3.C11H16O4/c1-3-8-6-11-9(4-7(2)13)5-10(8)12(14)15-11;1-2-6-3-8-7(5-10(12)13)4-9(6)15-11(8)14/h8-11H,3-6H2,1-2H3;6-9H,2-5H2,1H3,(H,12,13). The summed E-state index contributed by atoms with van der Waals surface area (Å²) in [6.07, 6.45) is 6.09. The molecule has 6 rings (SSSR count). The summed E-state index contributed by atoms with van der Waals surface area (Å²) < 4.78 is 10.6. The van der Waals surface area contributed by atoms with Crippen LogP contribution in [0.4, 0.5) is 0 Å². The Hall–Kier alpha value is -1.92. The number of hydrogen-bond donors (Lipinski definition) is 1. The van der Waals surface area contributed by atoms with Crippen molar-refractivity contribution in [2.24, 2.45) is 35.5 Å². The van der Waals surface area contributed by atoms with Crippen molar-refractivity contribution in [3.63, 3.8) is 0 Å². The number of carbonyl (C=O) groups excluding carboxylic acids is 3. The van der Waals surface area contributed by atoms with Gasteiger partial charge in [0.2, 0.25) is 0 Å². The number of fused-ring (bicyclic) bond motifs is 6. The molecular weight excluding hydrogens is 388 g/mol. The third-order valence-electron chi connectivity index (χ3n) is 7.55. The van der Waals surface area contributed by atoms with Crippen LogP contribution in [0.1, 0.15) is 72.1 Å². The Balaban J connectivity index is 0.000000171. The molecule has 168 valence electrons. The van der Waals surface area contributed by atoms with Gasteiger partial charge in [-0.3, -0.25) is 14.4 Å². The third-order valence-corrected chi connectivity index (χ3v) is 7.55. The average molecular weight is 423 g/mol. The van der Waals surface area contributed by atoms with Gasteiger partial charge in [-0.15, -0.1) is 0 Å². The molecule has 4 aliphatic heterocycles. The van der Waals surface area contributed by atoms with Crippen molar-refractivity contribution in [1.82, 2.24) is 0 Å². The Bertz CT molecular complexity index is 687. The second kappa shape index (κ2) is 9.48. The van der Waals surface area contributed by atoms with Gasteiger partial charge >= 0.3 is 17.9 Å². The molecule has 8 atom stereocenters. The van der Waals surface area contributed by atoms with Crippen LogP contribution in [0.2, 0.25) is 0 Å². The number of ether oxygens (including phenoxy) is 2. The van der Waals surface area contributed by atoms with Gasteiger partial charge in [0.25, 0.3) is 0 Å². The van der Waals surface area contributed by atoms with E-state index in [-0.39, 0.29) is 60.0 Å². The largest absolute Gasteiger partial charge is 0.481 e. The van der Waals surface area contributed by atoms with E-state index in [9.17, 15) is 19.2 Å². The molecule has 4 saturated heterocycles. The number of ketones is 1. The van der Waals surface area contributed by atoms with E-state index >= 15 is 0 Å². The molecule has 0 radical (unpaired) electrons. The van der Waals surface area contributed by atoms with Crippen molar-refractivity contribution in [2.45, 2.75) is 84.3 Å². The Kier molecular flexibility index (Phi) is 7.19. The molecule has 6 fully saturated rings. The highest BCUT2D eigenvalue weighted by atomic mass is 16.6. The lowest BCUT2D eigenvalue weighted by atomic mass is 9.68. The van der Waals surface area contributed by atoms with Crippen LogP contribution in [0.25, 0.3) is 0 Å². The van der Waals surface area contributed by atoms with E-state index in [1.165, 1.54) is 0 Å². The van der Waals surface area contributed by atoms with Crippen LogP contribution in [0.3, 0.4) is 0 Å². The molecule has 4 heterocycles. The number of carboxylic acids is 1. The van der Waals surface area contributed by atoms with Crippen LogP contribution in [-0.2, 0) is 28.7 Å². The smallest absolute Gasteiger partial charge is 0.309 e. The minimum absolute atomic E-state index is 0.00319. The second-order valence-electron chi connectivity index (χ2n) is 9.47. The summed E-state index contributed by atoms with van der Waals surface area (Å²) in [5, 5.41) is 8.75. The summed E-state index contributed by atoms with van der Waals surface area (Å²) >= 11 is 0. The maximum Gasteiger partial charge on any atom is 0.309 e. The van der Waals surface area contributed by atoms with E-state index in [0.29, 0.717) is 18.3 Å². The molecule has 1 N–H and O–H groups in total. The minimum Gasteiger partial charge on any atom is -0.481 e. The molecule has 4 bridgehead atoms. The normalized spacial score (nSPS) is 38.9. The van der Waals surface area contributed by atoms with Gasteiger partial charge < -0.3 is 19.4 Å². The van der Waals surface area contributed by atoms with Crippen LogP contribution in [0.5, 0.6) is 0 Å². The van der Waals surface area contributed by atoms with Crippen molar-refractivity contribution in [3.05, 3.63) is 0 Å². The van der Waals surface area contributed by atoms with E-state index in [1.54, 1.807) is 6.92 Å². The molecule has 7 heteroatoms. The highest BCUT2D eigenvalue weighted by molar-refractivity contribution is 5.78. The van der Waals surface area contributed by atoms with Crippen molar-refractivity contribution >= 4 is 23.7 Å². The molecule has 7 nitrogen and oxygen atoms in total. The number of Topliss-reactive ketones (excluding diaryl/α,β-unsaturated/α-hetero) is 1. The first kappa shape index (κ1) is 22.8. The quantitative estimate of drug-likeness (QED) is 0.654. The topological polar surface area (TPSA) is 107 Å². The zero-order chi connectivity index (χ0) is 22.0. The molecule has 6 aliphatic rings. The molecule has 0 aromatic rings. The Morgan fingerprint density at radius 3 is 1.77 bits per heavy atom. The lowest BCUT2D eigenvalue weighted by Crippen LogP contribution is -2.49. The van der Waals surface area contributed by atoms with Gasteiger partial charge in [0.1, 0.15) is 18.0 Å². The predicted molar refractivity (Wildman–Crippen MR) is 107 cm³/mol. The van der Waals surface area contributed by atoms with Crippen molar-refractivity contribution in [1.29, 1.82) is 0 Å². The number of aliphatic carboxylic acids is 1. The molecular formula is C23H34O7. The van der Waals surface area contributed by atoms with Gasteiger partial charge in [0.05, 0.1) is 11.8 Å². The SMILES string of the molecule is CCC1CC2C(=O)OC1CC2CC(=O)O.CCC1CC2OC(=O)C1CC2CC(C)=O. The summed E-state index contributed by atoms with van der Waals surface area (Å²) in [4.78, 5) is 44.8. The van der Waals surface area contributed by atoms with E-state index in [4.69, 9.17) is 14.6 Å². The summed E-state index contributed by atoms with van der Waals surface area (Å²) in [5.41, 5.74) is 0. The van der Waals surface area contributed by atoms with Crippen molar-refractivity contribution in [3.8, 4) is 0 Å². The molecule has 0 spiro atoms. The molecule has 0 amide bonds. The van der Waals surface area contributed by atoms with Crippen LogP contribution >= 0.6 is 0 Å². The summed E-state index contributed by atoms with van der Waals surface area (Å²) in [5.74, 6) is 0.285. The van der Waals surface area contributed by atoms with Crippen LogP contribution in [0.15, 0.2) is 0 Å². The molecule has 30 heavy (non-hydrogen) atoms. The van der Waals surface area contributed by atoms with Gasteiger partial charge in [0, 0.05) is 18.8 Å². The number of hydrogen-bond acceptors (Lipinski definition) is 6. The summed E-state index contributed by atoms with van der Waals surface area (Å²) in [6, 6.07) is 0. The number of esters is 2. The predicted octanol–water partition coefficient (Wildman–Crippen LogP) is 3.38. The number of carboxylic acid groups (broad SMARTS) is 1. The number of rotatable bonds is 6. The first-order valence-electron chi connectivity index (χ1n) is 11.4. The fourth-order valence-corrected chi connectivity index (χ4v) is 5.90. The van der Waals surface area contributed by atoms with Gasteiger partial charge in [0.15, 0.2) is 0 Å². The minimum atomic E-state index is -0.812. The van der Waals surface area contributed by atoms with Crippen molar-refractivity contribution < 1.29 is 33.8 Å². The van der Waals surface area contributed by atoms with E-state index in [1.807, 2.05) is 0 Å². The van der Waals surface area contributed by atoms with Gasteiger partial charge in [-0.25, -0.2) is 0 Å². The Labute approximate surface area is 177 Å². The van der Waals surface area contributed by atoms with E-state index in [0.717, 1.165) is 38.5 Å². The molecule has 8 unspecified atom stereocenters. The second-order valence-corrected chi connectivity index (χ2v) is 9.47. The molecule has 0 aromatic carbocycles. The van der Waals surface area contributed by atoms with Crippen LogP contribution in [-0.4, -0.2) is 41.0 Å². The Morgan fingerprint density at radius 2 is 1.30 bits per heavy atom. The van der Waals surface area contributed by atoms with Gasteiger partial charge in [-0.2, -0.15) is 0 Å². The summed E-state index contributed by atoms with van der Waals surface area (Å²) in [7, 11) is 0. The van der Waals surface area contributed by atoms with Crippen LogP contribution in [0, 0.1) is 35.5 Å². The third kappa shape index (κ3) is 4.86. The van der Waals surface area contributed by atoms with E-state index in [2.05, 4.69) is 13.8 Å². The van der Waals surface area contributed by atoms with Crippen molar-refractivity contribution in [2.75, 3.05) is 0 Å². The zero-order valence-electron chi connectivity index (χ0n) is 18.2. The number of carbonyl (C=O) groups is 4. The lowest BCUT2D eigenvalue weighted by Gasteiger charge is -2.45. The zero-order valence-corrected chi connectivity index (χ0v) is 18.2. The highest BCUT2D eigenvalue weighted by Gasteiger charge is 2.49. The lowest BCUT2D eigenvalue weighted by molar-refractivity contribution is -0.185. The Morgan fingerprint density at radius 1 is 0.800 bits per heavy atom. The van der Waals surface area contributed by atoms with E-state index < -0.39 is 5.97 Å².